The molecule has 0 saturated carbocycles. The fourth-order valence-electron chi connectivity index (χ4n) is 4.18. The Morgan fingerprint density at radius 1 is 0.919 bits per heavy atom. The van der Waals surface area contributed by atoms with Gasteiger partial charge in [-0.2, -0.15) is 0 Å². The summed E-state index contributed by atoms with van der Waals surface area (Å²) < 4.78 is 11.3. The fraction of sp³-hybridized carbons (Fsp3) is 0.533. The number of amides is 1. The molecule has 0 saturated heterocycles. The summed E-state index contributed by atoms with van der Waals surface area (Å²) in [6.45, 7) is 10.4. The third-order valence-corrected chi connectivity index (χ3v) is 6.17. The maximum absolute atomic E-state index is 12.6. The predicted molar refractivity (Wildman–Crippen MR) is 144 cm³/mol. The first-order valence-electron chi connectivity index (χ1n) is 12.9. The zero-order valence-corrected chi connectivity index (χ0v) is 22.8. The number of carbonyl (C=O) groups excluding carboxylic acids is 1. The number of alkyl carbamates (subject to hydrolysis) is 1. The number of ether oxygens (including phenoxy) is 2. The van der Waals surface area contributed by atoms with Crippen LogP contribution < -0.4 is 5.32 Å². The van der Waals surface area contributed by atoms with Crippen LogP contribution in [-0.4, -0.2) is 46.6 Å². The van der Waals surface area contributed by atoms with E-state index in [1.807, 2.05) is 74.5 Å². The van der Waals surface area contributed by atoms with E-state index in [4.69, 9.17) is 9.47 Å². The maximum Gasteiger partial charge on any atom is 0.407 e. The van der Waals surface area contributed by atoms with Gasteiger partial charge in [0.05, 0.1) is 24.7 Å². The monoisotopic (exact) mass is 513 g/mol. The molecule has 0 spiro atoms. The lowest BCUT2D eigenvalue weighted by atomic mass is 9.79. The minimum atomic E-state index is -1.07. The van der Waals surface area contributed by atoms with Gasteiger partial charge >= 0.3 is 12.1 Å². The molecule has 2 aromatic rings. The van der Waals surface area contributed by atoms with Crippen LogP contribution in [0.2, 0.25) is 0 Å². The van der Waals surface area contributed by atoms with Crippen LogP contribution >= 0.6 is 0 Å². The Labute approximate surface area is 221 Å². The number of aliphatic hydroxyl groups is 1. The van der Waals surface area contributed by atoms with E-state index in [9.17, 15) is 19.8 Å². The molecular weight excluding hydrogens is 470 g/mol. The number of benzene rings is 2. The molecule has 1 amide bonds. The molecule has 0 bridgehead atoms. The van der Waals surface area contributed by atoms with Crippen molar-refractivity contribution in [1.82, 2.24) is 5.32 Å². The van der Waals surface area contributed by atoms with Gasteiger partial charge in [-0.15, -0.1) is 0 Å². The smallest absolute Gasteiger partial charge is 0.407 e. The Morgan fingerprint density at radius 2 is 1.49 bits per heavy atom. The second-order valence-electron chi connectivity index (χ2n) is 11.4. The van der Waals surface area contributed by atoms with Crippen LogP contribution in [-0.2, 0) is 27.3 Å². The predicted octanol–water partition coefficient (Wildman–Crippen LogP) is 5.60. The highest BCUT2D eigenvalue weighted by Crippen LogP contribution is 2.30. The number of carbonyl (C=O) groups is 2. The Balaban J connectivity index is 2.05. The molecule has 7 nitrogen and oxygen atoms in total. The van der Waals surface area contributed by atoms with Gasteiger partial charge < -0.3 is 25.0 Å². The number of aliphatic carboxylic acids is 1. The minimum Gasteiger partial charge on any atom is -0.481 e. The SMILES string of the molecule is CC(C)(CCOCc1ccccc1)C[C@H](NC(=O)OC(C)(C)C)[C@@H](O)C[C@@H](Cc1ccccc1)C(=O)O. The highest BCUT2D eigenvalue weighted by Gasteiger charge is 2.33. The molecule has 37 heavy (non-hydrogen) atoms. The van der Waals surface area contributed by atoms with Crippen molar-refractivity contribution in [3.63, 3.8) is 0 Å². The standard InChI is InChI=1S/C30H43NO6/c1-29(2,3)37-28(35)31-25(20-30(4,5)16-17-36-21-23-14-10-7-11-15-23)26(32)19-24(27(33)34)18-22-12-8-6-9-13-22/h6-15,24-26,32H,16-21H2,1-5H3,(H,31,35)(H,33,34)/t24-,25+,26+/m1/s1. The van der Waals surface area contributed by atoms with Gasteiger partial charge in [0.1, 0.15) is 5.60 Å². The van der Waals surface area contributed by atoms with Gasteiger partial charge in [0.25, 0.3) is 0 Å². The second kappa shape index (κ2) is 14.1. The van der Waals surface area contributed by atoms with Crippen LogP contribution in [0.3, 0.4) is 0 Å². The van der Waals surface area contributed by atoms with E-state index >= 15 is 0 Å². The van der Waals surface area contributed by atoms with Gasteiger partial charge in [-0.25, -0.2) is 4.79 Å². The van der Waals surface area contributed by atoms with Crippen LogP contribution in [0.5, 0.6) is 0 Å². The first kappa shape index (κ1) is 30.3. The number of carboxylic acids is 1. The zero-order valence-electron chi connectivity index (χ0n) is 22.8. The Bertz CT molecular complexity index is 955. The third kappa shape index (κ3) is 12.3. The quantitative estimate of drug-likeness (QED) is 0.284. The minimum absolute atomic E-state index is 0.00524. The molecule has 0 aliphatic carbocycles. The van der Waals surface area contributed by atoms with Crippen LogP contribution in [0.1, 0.15) is 65.0 Å². The van der Waals surface area contributed by atoms with Gasteiger partial charge in [0, 0.05) is 6.61 Å². The molecule has 2 rings (SSSR count). The van der Waals surface area contributed by atoms with Crippen molar-refractivity contribution in [2.24, 2.45) is 11.3 Å². The summed E-state index contributed by atoms with van der Waals surface area (Å²) in [6.07, 6.45) is -0.274. The number of hydrogen-bond acceptors (Lipinski definition) is 5. The molecule has 2 aromatic carbocycles. The Morgan fingerprint density at radius 3 is 2.03 bits per heavy atom. The van der Waals surface area contributed by atoms with Gasteiger partial charge in [0.2, 0.25) is 0 Å². The number of rotatable bonds is 14. The van der Waals surface area contributed by atoms with Crippen LogP contribution in [0, 0.1) is 11.3 Å². The van der Waals surface area contributed by atoms with Gasteiger partial charge in [0.15, 0.2) is 0 Å². The van der Waals surface area contributed by atoms with Crippen molar-refractivity contribution in [3.05, 3.63) is 71.8 Å². The van der Waals surface area contributed by atoms with Crippen LogP contribution in [0.15, 0.2) is 60.7 Å². The molecule has 0 aliphatic heterocycles. The van der Waals surface area contributed by atoms with Gasteiger partial charge in [-0.1, -0.05) is 74.5 Å². The molecule has 0 aromatic heterocycles. The maximum atomic E-state index is 12.6. The Hall–Kier alpha value is -2.90. The summed E-state index contributed by atoms with van der Waals surface area (Å²) in [5, 5.41) is 23.8. The van der Waals surface area contributed by atoms with Crippen molar-refractivity contribution in [3.8, 4) is 0 Å². The topological polar surface area (TPSA) is 105 Å². The van der Waals surface area contributed by atoms with E-state index in [2.05, 4.69) is 5.32 Å². The average Bonchev–Trinajstić information content (AvgIpc) is 2.81. The van der Waals surface area contributed by atoms with Crippen molar-refractivity contribution in [1.29, 1.82) is 0 Å². The third-order valence-electron chi connectivity index (χ3n) is 6.17. The summed E-state index contributed by atoms with van der Waals surface area (Å²) in [5.74, 6) is -1.77. The van der Waals surface area contributed by atoms with Crippen molar-refractivity contribution >= 4 is 12.1 Å². The Kier molecular flexibility index (Phi) is 11.6. The van der Waals surface area contributed by atoms with Crippen LogP contribution in [0.25, 0.3) is 0 Å². The lowest BCUT2D eigenvalue weighted by molar-refractivity contribution is -0.143. The zero-order chi connectivity index (χ0) is 27.5. The van der Waals surface area contributed by atoms with Crippen LogP contribution in [0.4, 0.5) is 4.79 Å². The summed E-state index contributed by atoms with van der Waals surface area (Å²) in [5.41, 5.74) is 0.986. The fourth-order valence-corrected chi connectivity index (χ4v) is 4.18. The highest BCUT2D eigenvalue weighted by atomic mass is 16.6. The average molecular weight is 514 g/mol. The molecule has 7 heteroatoms. The van der Waals surface area contributed by atoms with Crippen molar-refractivity contribution in [2.75, 3.05) is 6.61 Å². The van der Waals surface area contributed by atoms with E-state index in [-0.39, 0.29) is 11.8 Å². The summed E-state index contributed by atoms with van der Waals surface area (Å²) in [4.78, 5) is 24.6. The molecular formula is C30H43NO6. The highest BCUT2D eigenvalue weighted by molar-refractivity contribution is 5.70. The first-order valence-corrected chi connectivity index (χ1v) is 12.9. The van der Waals surface area contributed by atoms with E-state index < -0.39 is 35.7 Å². The normalized spacial score (nSPS) is 14.4. The van der Waals surface area contributed by atoms with E-state index in [1.54, 1.807) is 20.8 Å². The molecule has 0 radical (unpaired) electrons. The van der Waals surface area contributed by atoms with Gasteiger partial charge in [-0.05, 0) is 63.0 Å². The molecule has 0 unspecified atom stereocenters. The summed E-state index contributed by atoms with van der Waals surface area (Å²) in [6, 6.07) is 18.6. The van der Waals surface area contributed by atoms with Gasteiger partial charge in [-0.3, -0.25) is 4.79 Å². The molecule has 3 N–H and O–H groups in total. The summed E-state index contributed by atoms with van der Waals surface area (Å²) in [7, 11) is 0. The second-order valence-corrected chi connectivity index (χ2v) is 11.4. The van der Waals surface area contributed by atoms with E-state index in [1.165, 1.54) is 0 Å². The lowest BCUT2D eigenvalue weighted by Crippen LogP contribution is -2.48. The van der Waals surface area contributed by atoms with E-state index in [0.29, 0.717) is 32.5 Å². The molecule has 0 aliphatic rings. The summed E-state index contributed by atoms with van der Waals surface area (Å²) >= 11 is 0. The van der Waals surface area contributed by atoms with Crippen molar-refractivity contribution < 1.29 is 29.3 Å². The first-order chi connectivity index (χ1) is 17.3. The van der Waals surface area contributed by atoms with E-state index in [0.717, 1.165) is 11.1 Å². The number of carboxylic acid groups (broad SMARTS) is 1. The molecule has 0 fully saturated rings. The van der Waals surface area contributed by atoms with Crippen molar-refractivity contribution in [2.45, 2.75) is 84.7 Å². The molecule has 0 heterocycles. The molecule has 204 valence electrons. The number of nitrogens with one attached hydrogen (secondary N) is 1. The number of aliphatic hydroxyl groups excluding tert-OH is 1. The number of hydrogen-bond donors (Lipinski definition) is 3. The largest absolute Gasteiger partial charge is 0.481 e. The molecule has 3 atom stereocenters. The lowest BCUT2D eigenvalue weighted by Gasteiger charge is -2.34.